The lowest BCUT2D eigenvalue weighted by atomic mass is 9.99. The molecule has 0 radical (unpaired) electrons. The molecule has 3 rings (SSSR count). The van der Waals surface area contributed by atoms with Crippen LogP contribution in [0.4, 0.5) is 13.2 Å². The van der Waals surface area contributed by atoms with E-state index in [1.807, 2.05) is 0 Å². The van der Waals surface area contributed by atoms with Crippen LogP contribution >= 0.6 is 11.6 Å². The molecule has 9 heteroatoms. The molecule has 5 nitrogen and oxygen atoms in total. The molecule has 156 valence electrons. The Morgan fingerprint density at radius 2 is 1.87 bits per heavy atom. The van der Waals surface area contributed by atoms with E-state index in [2.05, 4.69) is 0 Å². The van der Waals surface area contributed by atoms with Crippen molar-refractivity contribution in [3.63, 3.8) is 0 Å². The van der Waals surface area contributed by atoms with Gasteiger partial charge in [0.15, 0.2) is 0 Å². The standard InChI is InChI=1S/C21H16ClF3N2O3/c22-14-3-1-12(2-4-14)10-30-17-6-5-15(16(26)9-18(27)21(23,24)25)20(28)19(17)13-7-8-29-11-13/h1-9,11,26,28H,10,27H2/b18-9-,26-16?. The second-order valence-corrected chi connectivity index (χ2v) is 6.71. The van der Waals surface area contributed by atoms with Crippen molar-refractivity contribution in [1.29, 1.82) is 5.41 Å². The number of nitrogens with two attached hydrogens (primary N) is 1. The molecule has 3 aromatic rings. The quantitative estimate of drug-likeness (QED) is 0.435. The number of halogens is 4. The van der Waals surface area contributed by atoms with Crippen LogP contribution in [0.15, 0.2) is 71.2 Å². The highest BCUT2D eigenvalue weighted by Gasteiger charge is 2.32. The van der Waals surface area contributed by atoms with Gasteiger partial charge >= 0.3 is 6.18 Å². The number of phenolic OH excluding ortho intramolecular Hbond substituents is 1. The van der Waals surface area contributed by atoms with E-state index in [1.54, 1.807) is 30.3 Å². The lowest BCUT2D eigenvalue weighted by Gasteiger charge is -2.15. The summed E-state index contributed by atoms with van der Waals surface area (Å²) in [5, 5.41) is 19.2. The number of furan rings is 1. The van der Waals surface area contributed by atoms with Crippen molar-refractivity contribution in [2.24, 2.45) is 5.73 Å². The zero-order chi connectivity index (χ0) is 21.9. The average Bonchev–Trinajstić information content (AvgIpc) is 3.21. The number of phenols is 1. The van der Waals surface area contributed by atoms with Crippen LogP contribution in [0.5, 0.6) is 11.5 Å². The molecule has 30 heavy (non-hydrogen) atoms. The van der Waals surface area contributed by atoms with Crippen LogP contribution in [0.2, 0.25) is 5.02 Å². The molecule has 4 N–H and O–H groups in total. The number of hydrogen-bond acceptors (Lipinski definition) is 5. The van der Waals surface area contributed by atoms with Gasteiger partial charge in [-0.2, -0.15) is 13.2 Å². The first-order valence-electron chi connectivity index (χ1n) is 8.56. The Bertz CT molecular complexity index is 1080. The van der Waals surface area contributed by atoms with Gasteiger partial charge in [-0.3, -0.25) is 0 Å². The highest BCUT2D eigenvalue weighted by molar-refractivity contribution is 6.30. The molecule has 0 aliphatic rings. The minimum absolute atomic E-state index is 0.141. The molecule has 0 bridgehead atoms. The van der Waals surface area contributed by atoms with Gasteiger partial charge in [0.2, 0.25) is 0 Å². The number of aromatic hydroxyl groups is 1. The summed E-state index contributed by atoms with van der Waals surface area (Å²) in [6.07, 6.45) is -1.62. The van der Waals surface area contributed by atoms with Gasteiger partial charge < -0.3 is 25.4 Å². The first-order chi connectivity index (χ1) is 14.2. The number of allylic oxidation sites excluding steroid dienone is 2. The normalized spacial score (nSPS) is 12.1. The monoisotopic (exact) mass is 436 g/mol. The second kappa shape index (κ2) is 8.54. The van der Waals surface area contributed by atoms with Crippen molar-refractivity contribution in [2.45, 2.75) is 12.8 Å². The molecule has 0 aliphatic heterocycles. The van der Waals surface area contributed by atoms with Crippen molar-refractivity contribution in [2.75, 3.05) is 0 Å². The average molecular weight is 437 g/mol. The number of hydrogen-bond donors (Lipinski definition) is 3. The van der Waals surface area contributed by atoms with Gasteiger partial charge in [-0.05, 0) is 42.0 Å². The molecule has 0 aliphatic carbocycles. The first kappa shape index (κ1) is 21.3. The number of nitrogens with one attached hydrogen (secondary N) is 1. The molecule has 0 fully saturated rings. The van der Waals surface area contributed by atoms with Crippen LogP contribution in [-0.2, 0) is 6.61 Å². The van der Waals surface area contributed by atoms with Crippen molar-refractivity contribution in [1.82, 2.24) is 0 Å². The summed E-state index contributed by atoms with van der Waals surface area (Å²) >= 11 is 5.87. The van der Waals surface area contributed by atoms with Crippen LogP contribution in [0, 0.1) is 5.41 Å². The maximum atomic E-state index is 12.7. The fourth-order valence-electron chi connectivity index (χ4n) is 2.65. The van der Waals surface area contributed by atoms with Crippen molar-refractivity contribution >= 4 is 17.3 Å². The molecular formula is C21H16ClF3N2O3. The van der Waals surface area contributed by atoms with Gasteiger partial charge in [-0.15, -0.1) is 0 Å². The number of benzene rings is 2. The lowest BCUT2D eigenvalue weighted by Crippen LogP contribution is -2.20. The topological polar surface area (TPSA) is 92.5 Å². The number of alkyl halides is 3. The molecule has 1 aromatic heterocycles. The van der Waals surface area contributed by atoms with Crippen LogP contribution in [0.25, 0.3) is 11.1 Å². The molecule has 0 atom stereocenters. The maximum absolute atomic E-state index is 12.7. The molecule has 0 saturated carbocycles. The van der Waals surface area contributed by atoms with Crippen molar-refractivity contribution in [3.05, 3.63) is 82.9 Å². The summed E-state index contributed by atoms with van der Waals surface area (Å²) in [6.45, 7) is 0.152. The van der Waals surface area contributed by atoms with Crippen LogP contribution in [0.3, 0.4) is 0 Å². The van der Waals surface area contributed by atoms with Gasteiger partial charge in [0.25, 0.3) is 0 Å². The van der Waals surface area contributed by atoms with Gasteiger partial charge in [0, 0.05) is 16.1 Å². The number of ether oxygens (including phenoxy) is 1. The Labute approximate surface area is 174 Å². The van der Waals surface area contributed by atoms with E-state index in [-0.39, 0.29) is 23.5 Å². The van der Waals surface area contributed by atoms with Crippen LogP contribution in [0.1, 0.15) is 11.1 Å². The minimum atomic E-state index is -4.78. The van der Waals surface area contributed by atoms with E-state index in [0.29, 0.717) is 16.7 Å². The fraction of sp³-hybridized carbons (Fsp3) is 0.0952. The smallest absolute Gasteiger partial charge is 0.430 e. The summed E-state index contributed by atoms with van der Waals surface area (Å²) in [7, 11) is 0. The predicted molar refractivity (Wildman–Crippen MR) is 107 cm³/mol. The van der Waals surface area contributed by atoms with E-state index in [4.69, 9.17) is 31.9 Å². The third-order valence-corrected chi connectivity index (χ3v) is 4.43. The Morgan fingerprint density at radius 3 is 2.47 bits per heavy atom. The van der Waals surface area contributed by atoms with Crippen LogP contribution in [-0.4, -0.2) is 17.0 Å². The third-order valence-electron chi connectivity index (χ3n) is 4.17. The highest BCUT2D eigenvalue weighted by Crippen LogP contribution is 2.41. The van der Waals surface area contributed by atoms with E-state index in [9.17, 15) is 18.3 Å². The molecule has 1 heterocycles. The summed E-state index contributed by atoms with van der Waals surface area (Å²) in [5.74, 6) is -0.172. The van der Waals surface area contributed by atoms with Crippen molar-refractivity contribution in [3.8, 4) is 22.6 Å². The highest BCUT2D eigenvalue weighted by atomic mass is 35.5. The molecule has 2 aromatic carbocycles. The van der Waals surface area contributed by atoms with Crippen molar-refractivity contribution < 1.29 is 27.4 Å². The zero-order valence-electron chi connectivity index (χ0n) is 15.3. The molecular weight excluding hydrogens is 421 g/mol. The zero-order valence-corrected chi connectivity index (χ0v) is 16.1. The SMILES string of the molecule is N=C(/C=C(\N)C(F)(F)F)c1ccc(OCc2ccc(Cl)cc2)c(-c2ccoc2)c1O. The third kappa shape index (κ3) is 4.77. The van der Waals surface area contributed by atoms with Gasteiger partial charge in [0.1, 0.15) is 23.8 Å². The lowest BCUT2D eigenvalue weighted by molar-refractivity contribution is -0.0925. The summed E-state index contributed by atoms with van der Waals surface area (Å²) in [5.41, 5.74) is 4.23. The molecule has 0 unspecified atom stereocenters. The molecule has 0 spiro atoms. The number of rotatable bonds is 6. The van der Waals surface area contributed by atoms with Crippen LogP contribution < -0.4 is 10.5 Å². The van der Waals surface area contributed by atoms with E-state index in [0.717, 1.165) is 5.56 Å². The maximum Gasteiger partial charge on any atom is 0.430 e. The van der Waals surface area contributed by atoms with E-state index < -0.39 is 23.3 Å². The minimum Gasteiger partial charge on any atom is -0.506 e. The molecule has 0 amide bonds. The second-order valence-electron chi connectivity index (χ2n) is 6.27. The molecule has 0 saturated heterocycles. The summed E-state index contributed by atoms with van der Waals surface area (Å²) in [6, 6.07) is 11.3. The van der Waals surface area contributed by atoms with E-state index in [1.165, 1.54) is 24.7 Å². The first-order valence-corrected chi connectivity index (χ1v) is 8.93. The Hall–Kier alpha value is -3.39. The Kier molecular flexibility index (Phi) is 6.07. The van der Waals surface area contributed by atoms with E-state index >= 15 is 0 Å². The Balaban J connectivity index is 1.98. The van der Waals surface area contributed by atoms with Gasteiger partial charge in [-0.1, -0.05) is 23.7 Å². The Morgan fingerprint density at radius 1 is 1.17 bits per heavy atom. The summed E-state index contributed by atoms with van der Waals surface area (Å²) in [4.78, 5) is 0. The summed E-state index contributed by atoms with van der Waals surface area (Å²) < 4.78 is 48.9. The fourth-order valence-corrected chi connectivity index (χ4v) is 2.78. The predicted octanol–water partition coefficient (Wildman–Crippen LogP) is 5.66. The van der Waals surface area contributed by atoms with Gasteiger partial charge in [-0.25, -0.2) is 0 Å². The largest absolute Gasteiger partial charge is 0.506 e. The van der Waals surface area contributed by atoms with Gasteiger partial charge in [0.05, 0.1) is 23.8 Å².